The van der Waals surface area contributed by atoms with Crippen molar-refractivity contribution >= 4 is 44.7 Å². The summed E-state index contributed by atoms with van der Waals surface area (Å²) in [5.41, 5.74) is 2.53. The Balaban J connectivity index is 1.86. The Hall–Kier alpha value is -1.70. The van der Waals surface area contributed by atoms with Crippen LogP contribution in [0.25, 0.3) is 10.2 Å². The first-order chi connectivity index (χ1) is 9.78. The van der Waals surface area contributed by atoms with E-state index in [1.165, 1.54) is 4.88 Å². The van der Waals surface area contributed by atoms with Crippen LogP contribution in [0, 0.1) is 0 Å². The minimum absolute atomic E-state index is 0.456. The highest BCUT2D eigenvalue weighted by Crippen LogP contribution is 2.28. The van der Waals surface area contributed by atoms with Gasteiger partial charge in [0.05, 0.1) is 5.39 Å². The summed E-state index contributed by atoms with van der Waals surface area (Å²) >= 11 is 3.38. The maximum Gasteiger partial charge on any atom is 0.240 e. The highest BCUT2D eigenvalue weighted by atomic mass is 32.1. The number of fused-ring (bicyclic) bond motifs is 1. The predicted molar refractivity (Wildman–Crippen MR) is 86.5 cm³/mol. The number of likely N-dealkylation sites (N-methyl/N-ethyl adjacent to an activating group) is 1. The second kappa shape index (κ2) is 5.74. The first-order valence-electron chi connectivity index (χ1n) is 6.23. The van der Waals surface area contributed by atoms with Crippen LogP contribution in [0.5, 0.6) is 0 Å². The molecule has 3 heterocycles. The highest BCUT2D eigenvalue weighted by molar-refractivity contribution is 7.16. The first-order valence-corrected chi connectivity index (χ1v) is 7.99. The summed E-state index contributed by atoms with van der Waals surface area (Å²) in [7, 11) is 2.05. The number of hydrazine groups is 1. The van der Waals surface area contributed by atoms with Crippen molar-refractivity contribution in [3.8, 4) is 0 Å². The molecule has 0 radical (unpaired) electrons. The zero-order valence-corrected chi connectivity index (χ0v) is 12.7. The molecule has 3 N–H and O–H groups in total. The molecule has 0 aliphatic carbocycles. The van der Waals surface area contributed by atoms with Crippen molar-refractivity contribution in [2.75, 3.05) is 23.9 Å². The third-order valence-electron chi connectivity index (χ3n) is 3.07. The fourth-order valence-electron chi connectivity index (χ4n) is 2.03. The van der Waals surface area contributed by atoms with Gasteiger partial charge in [-0.15, -0.1) is 22.7 Å². The molecule has 7 heteroatoms. The molecule has 0 spiro atoms. The number of nitrogens with one attached hydrogen (secondary N) is 1. The Morgan fingerprint density at radius 3 is 2.90 bits per heavy atom. The maximum absolute atomic E-state index is 5.44. The molecule has 5 nitrogen and oxygen atoms in total. The van der Waals surface area contributed by atoms with E-state index in [1.807, 2.05) is 12.4 Å². The molecule has 104 valence electrons. The van der Waals surface area contributed by atoms with E-state index < -0.39 is 0 Å². The van der Waals surface area contributed by atoms with Crippen LogP contribution in [-0.2, 0) is 6.42 Å². The number of rotatable bonds is 5. The topological polar surface area (TPSA) is 67.1 Å². The molecule has 0 unspecified atom stereocenters. The van der Waals surface area contributed by atoms with Crippen LogP contribution < -0.4 is 16.2 Å². The predicted octanol–water partition coefficient (Wildman–Crippen LogP) is 2.72. The SMILES string of the molecule is CN(CCc1cccs1)c1nc(NN)nc2sccc12. The van der Waals surface area contributed by atoms with Crippen molar-refractivity contribution in [1.82, 2.24) is 9.97 Å². The lowest BCUT2D eigenvalue weighted by Gasteiger charge is -2.19. The summed E-state index contributed by atoms with van der Waals surface area (Å²) in [5.74, 6) is 6.82. The molecule has 20 heavy (non-hydrogen) atoms. The first kappa shape index (κ1) is 13.3. The normalized spacial score (nSPS) is 10.9. The van der Waals surface area contributed by atoms with Gasteiger partial charge in [0.1, 0.15) is 10.6 Å². The van der Waals surface area contributed by atoms with E-state index in [2.05, 4.69) is 43.9 Å². The molecule has 3 rings (SSSR count). The summed E-state index contributed by atoms with van der Waals surface area (Å²) in [6.07, 6.45) is 1.01. The van der Waals surface area contributed by atoms with Crippen LogP contribution in [0.2, 0.25) is 0 Å². The Bertz CT molecular complexity index is 692. The van der Waals surface area contributed by atoms with Gasteiger partial charge in [-0.2, -0.15) is 4.98 Å². The third kappa shape index (κ3) is 2.60. The number of anilines is 2. The number of thiophene rings is 2. The van der Waals surface area contributed by atoms with Gasteiger partial charge in [-0.25, -0.2) is 10.8 Å². The smallest absolute Gasteiger partial charge is 0.240 e. The third-order valence-corrected chi connectivity index (χ3v) is 4.81. The van der Waals surface area contributed by atoms with E-state index in [0.29, 0.717) is 5.95 Å². The minimum Gasteiger partial charge on any atom is -0.359 e. The van der Waals surface area contributed by atoms with Crippen molar-refractivity contribution < 1.29 is 0 Å². The molecular formula is C13H15N5S2. The number of aromatic nitrogens is 2. The van der Waals surface area contributed by atoms with Crippen molar-refractivity contribution in [2.45, 2.75) is 6.42 Å². The van der Waals surface area contributed by atoms with Crippen molar-refractivity contribution in [1.29, 1.82) is 0 Å². The molecule has 0 fully saturated rings. The molecule has 3 aromatic heterocycles. The van der Waals surface area contributed by atoms with Crippen molar-refractivity contribution in [3.63, 3.8) is 0 Å². The van der Waals surface area contributed by atoms with E-state index in [9.17, 15) is 0 Å². The van der Waals surface area contributed by atoms with Gasteiger partial charge in [-0.05, 0) is 29.3 Å². The average Bonchev–Trinajstić information content (AvgIpc) is 3.14. The number of nitrogens with zero attached hydrogens (tertiary/aromatic N) is 3. The molecular weight excluding hydrogens is 290 g/mol. The Kier molecular flexibility index (Phi) is 3.81. The average molecular weight is 305 g/mol. The molecule has 0 aliphatic rings. The fourth-order valence-corrected chi connectivity index (χ4v) is 3.49. The zero-order valence-electron chi connectivity index (χ0n) is 11.0. The van der Waals surface area contributed by atoms with Crippen LogP contribution in [0.1, 0.15) is 4.88 Å². The van der Waals surface area contributed by atoms with Crippen molar-refractivity contribution in [3.05, 3.63) is 33.8 Å². The van der Waals surface area contributed by atoms with Gasteiger partial charge in [-0.1, -0.05) is 6.07 Å². The summed E-state index contributed by atoms with van der Waals surface area (Å²) in [4.78, 5) is 13.3. The molecule has 0 amide bonds. The standard InChI is InChI=1S/C13H15N5S2/c1-18(6-4-9-3-2-7-19-9)11-10-5-8-20-12(10)16-13(15-11)17-14/h2-3,5,7-8H,4,6,14H2,1H3,(H,15,16,17). The number of hydrogen-bond donors (Lipinski definition) is 2. The number of hydrogen-bond acceptors (Lipinski definition) is 7. The Morgan fingerprint density at radius 2 is 2.15 bits per heavy atom. The molecule has 0 saturated carbocycles. The molecule has 0 saturated heterocycles. The van der Waals surface area contributed by atoms with E-state index in [0.717, 1.165) is 29.0 Å². The fraction of sp³-hybridized carbons (Fsp3) is 0.231. The maximum atomic E-state index is 5.44. The van der Waals surface area contributed by atoms with Gasteiger partial charge in [0.15, 0.2) is 0 Å². The van der Waals surface area contributed by atoms with Crippen LogP contribution in [0.15, 0.2) is 29.0 Å². The summed E-state index contributed by atoms with van der Waals surface area (Å²) in [6.45, 7) is 0.909. The van der Waals surface area contributed by atoms with E-state index in [1.54, 1.807) is 22.7 Å². The number of nitrogen functional groups attached to an aromatic ring is 1. The lowest BCUT2D eigenvalue weighted by molar-refractivity contribution is 0.872. The van der Waals surface area contributed by atoms with Crippen LogP contribution in [-0.4, -0.2) is 23.6 Å². The molecule has 0 aromatic carbocycles. The van der Waals surface area contributed by atoms with Gasteiger partial charge in [-0.3, -0.25) is 5.43 Å². The van der Waals surface area contributed by atoms with Gasteiger partial charge < -0.3 is 4.90 Å². The van der Waals surface area contributed by atoms with Crippen molar-refractivity contribution in [2.24, 2.45) is 5.84 Å². The van der Waals surface area contributed by atoms with Gasteiger partial charge in [0, 0.05) is 18.5 Å². The molecule has 0 atom stereocenters. The van der Waals surface area contributed by atoms with E-state index in [-0.39, 0.29) is 0 Å². The van der Waals surface area contributed by atoms with Crippen LogP contribution in [0.3, 0.4) is 0 Å². The molecule has 0 aliphatic heterocycles. The highest BCUT2D eigenvalue weighted by Gasteiger charge is 2.12. The lowest BCUT2D eigenvalue weighted by atomic mass is 10.3. The summed E-state index contributed by atoms with van der Waals surface area (Å²) in [5, 5.41) is 5.20. The monoisotopic (exact) mass is 305 g/mol. The molecule has 3 aromatic rings. The van der Waals surface area contributed by atoms with Gasteiger partial charge in [0.2, 0.25) is 5.95 Å². The van der Waals surface area contributed by atoms with Crippen LogP contribution in [0.4, 0.5) is 11.8 Å². The Morgan fingerprint density at radius 1 is 1.25 bits per heavy atom. The van der Waals surface area contributed by atoms with Gasteiger partial charge >= 0.3 is 0 Å². The second-order valence-corrected chi connectivity index (χ2v) is 6.33. The minimum atomic E-state index is 0.456. The zero-order chi connectivity index (χ0) is 13.9. The Labute approximate surface area is 125 Å². The quantitative estimate of drug-likeness (QED) is 0.560. The summed E-state index contributed by atoms with van der Waals surface area (Å²) < 4.78 is 0. The van der Waals surface area contributed by atoms with E-state index in [4.69, 9.17) is 5.84 Å². The molecule has 0 bridgehead atoms. The second-order valence-electron chi connectivity index (χ2n) is 4.41. The van der Waals surface area contributed by atoms with E-state index >= 15 is 0 Å². The number of nitrogens with two attached hydrogens (primary N) is 1. The largest absolute Gasteiger partial charge is 0.359 e. The lowest BCUT2D eigenvalue weighted by Crippen LogP contribution is -2.22. The van der Waals surface area contributed by atoms with Gasteiger partial charge in [0.25, 0.3) is 0 Å². The van der Waals surface area contributed by atoms with Crippen LogP contribution >= 0.6 is 22.7 Å². The summed E-state index contributed by atoms with van der Waals surface area (Å²) in [6, 6.07) is 6.29.